The third kappa shape index (κ3) is 3.78. The summed E-state index contributed by atoms with van der Waals surface area (Å²) >= 11 is 0. The average molecular weight is 382 g/mol. The molecule has 2 aromatic heterocycles. The number of anilines is 1. The summed E-state index contributed by atoms with van der Waals surface area (Å²) in [5.41, 5.74) is 3.67. The standard InChI is InChI=1S/C19H22N6O3/c1-5-23-11-16(25(27)28)18(22-23)19(26)20-17-13(3)21-24(14(17)4)10-15-8-6-7-12(2)9-15/h6-9,11H,5,10H2,1-4H3,(H,20,26). The van der Waals surface area contributed by atoms with E-state index in [0.717, 1.165) is 16.8 Å². The molecule has 0 aliphatic carbocycles. The van der Waals surface area contributed by atoms with Gasteiger partial charge in [0.05, 0.1) is 28.5 Å². The molecule has 0 atom stereocenters. The second-order valence-corrected chi connectivity index (χ2v) is 6.62. The van der Waals surface area contributed by atoms with Crippen molar-refractivity contribution >= 4 is 17.3 Å². The highest BCUT2D eigenvalue weighted by Gasteiger charge is 2.27. The van der Waals surface area contributed by atoms with Gasteiger partial charge >= 0.3 is 5.69 Å². The second kappa shape index (κ2) is 7.63. The Labute approximate surface area is 162 Å². The third-order valence-corrected chi connectivity index (χ3v) is 4.51. The van der Waals surface area contributed by atoms with Crippen molar-refractivity contribution in [1.29, 1.82) is 0 Å². The summed E-state index contributed by atoms with van der Waals surface area (Å²) in [5.74, 6) is -0.625. The minimum Gasteiger partial charge on any atom is -0.317 e. The van der Waals surface area contributed by atoms with Crippen LogP contribution in [0.3, 0.4) is 0 Å². The predicted molar refractivity (Wildman–Crippen MR) is 104 cm³/mol. The van der Waals surface area contributed by atoms with Crippen LogP contribution in [0, 0.1) is 30.9 Å². The van der Waals surface area contributed by atoms with Crippen LogP contribution in [0.4, 0.5) is 11.4 Å². The summed E-state index contributed by atoms with van der Waals surface area (Å²) in [4.78, 5) is 23.3. The predicted octanol–water partition coefficient (Wildman–Crippen LogP) is 3.23. The zero-order valence-electron chi connectivity index (χ0n) is 16.3. The molecule has 0 saturated heterocycles. The molecule has 0 fully saturated rings. The van der Waals surface area contributed by atoms with E-state index in [2.05, 4.69) is 21.6 Å². The van der Waals surface area contributed by atoms with Crippen molar-refractivity contribution in [3.8, 4) is 0 Å². The van der Waals surface area contributed by atoms with Gasteiger partial charge in [-0.1, -0.05) is 29.8 Å². The minimum absolute atomic E-state index is 0.211. The zero-order valence-corrected chi connectivity index (χ0v) is 16.3. The zero-order chi connectivity index (χ0) is 20.4. The summed E-state index contributed by atoms with van der Waals surface area (Å²) in [6, 6.07) is 8.11. The Morgan fingerprint density at radius 2 is 2.00 bits per heavy atom. The molecule has 0 spiro atoms. The number of nitrogens with zero attached hydrogens (tertiary/aromatic N) is 5. The molecule has 0 aliphatic heterocycles. The summed E-state index contributed by atoms with van der Waals surface area (Å²) in [6.45, 7) is 8.45. The van der Waals surface area contributed by atoms with Gasteiger partial charge in [-0.05, 0) is 33.3 Å². The summed E-state index contributed by atoms with van der Waals surface area (Å²) in [6.07, 6.45) is 1.26. The van der Waals surface area contributed by atoms with E-state index in [4.69, 9.17) is 0 Å². The number of aromatic nitrogens is 4. The first-order valence-electron chi connectivity index (χ1n) is 8.93. The number of benzene rings is 1. The van der Waals surface area contributed by atoms with Crippen molar-refractivity contribution in [2.45, 2.75) is 40.8 Å². The van der Waals surface area contributed by atoms with Gasteiger partial charge in [0, 0.05) is 6.54 Å². The molecule has 1 aromatic carbocycles. The normalized spacial score (nSPS) is 10.9. The second-order valence-electron chi connectivity index (χ2n) is 6.62. The Hall–Kier alpha value is -3.49. The Bertz CT molecular complexity index is 1050. The van der Waals surface area contributed by atoms with Crippen molar-refractivity contribution in [3.63, 3.8) is 0 Å². The van der Waals surface area contributed by atoms with E-state index in [1.54, 1.807) is 18.5 Å². The number of hydrogen-bond acceptors (Lipinski definition) is 5. The molecular weight excluding hydrogens is 360 g/mol. The molecular formula is C19H22N6O3. The Morgan fingerprint density at radius 3 is 2.64 bits per heavy atom. The fourth-order valence-corrected chi connectivity index (χ4v) is 3.06. The van der Waals surface area contributed by atoms with Gasteiger partial charge in [-0.3, -0.25) is 24.3 Å². The van der Waals surface area contributed by atoms with Crippen LogP contribution in [0.5, 0.6) is 0 Å². The number of hydrogen-bond donors (Lipinski definition) is 1. The van der Waals surface area contributed by atoms with Crippen molar-refractivity contribution in [2.75, 3.05) is 5.32 Å². The summed E-state index contributed by atoms with van der Waals surface area (Å²) in [5, 5.41) is 22.5. The van der Waals surface area contributed by atoms with Crippen LogP contribution in [-0.2, 0) is 13.1 Å². The number of nitrogens with one attached hydrogen (secondary N) is 1. The van der Waals surface area contributed by atoms with Gasteiger partial charge < -0.3 is 5.32 Å². The molecule has 0 aliphatic rings. The molecule has 0 radical (unpaired) electrons. The largest absolute Gasteiger partial charge is 0.320 e. The van der Waals surface area contributed by atoms with Crippen LogP contribution < -0.4 is 5.32 Å². The Balaban J connectivity index is 1.87. The Kier molecular flexibility index (Phi) is 5.25. The molecule has 9 nitrogen and oxygen atoms in total. The van der Waals surface area contributed by atoms with Gasteiger partial charge in [0.25, 0.3) is 5.91 Å². The van der Waals surface area contributed by atoms with E-state index in [9.17, 15) is 14.9 Å². The van der Waals surface area contributed by atoms with Gasteiger partial charge in [-0.15, -0.1) is 0 Å². The van der Waals surface area contributed by atoms with Crippen LogP contribution in [0.2, 0.25) is 0 Å². The van der Waals surface area contributed by atoms with Crippen LogP contribution in [0.15, 0.2) is 30.5 Å². The molecule has 0 unspecified atom stereocenters. The number of rotatable bonds is 6. The molecule has 1 N–H and O–H groups in total. The van der Waals surface area contributed by atoms with E-state index >= 15 is 0 Å². The number of nitro groups is 1. The molecule has 9 heteroatoms. The van der Waals surface area contributed by atoms with Crippen LogP contribution in [0.25, 0.3) is 0 Å². The number of carbonyl (C=O) groups is 1. The quantitative estimate of drug-likeness (QED) is 0.520. The number of carbonyl (C=O) groups excluding carboxylic acids is 1. The van der Waals surface area contributed by atoms with Crippen molar-refractivity contribution in [1.82, 2.24) is 19.6 Å². The fourth-order valence-electron chi connectivity index (χ4n) is 3.06. The maximum Gasteiger partial charge on any atom is 0.320 e. The number of amides is 1. The topological polar surface area (TPSA) is 108 Å². The summed E-state index contributed by atoms with van der Waals surface area (Å²) < 4.78 is 3.17. The van der Waals surface area contributed by atoms with E-state index in [1.165, 1.54) is 10.9 Å². The monoisotopic (exact) mass is 382 g/mol. The maximum atomic E-state index is 12.7. The average Bonchev–Trinajstić information content (AvgIpc) is 3.19. The van der Waals surface area contributed by atoms with Gasteiger partial charge in [0.1, 0.15) is 6.20 Å². The lowest BCUT2D eigenvalue weighted by Gasteiger charge is -2.07. The highest BCUT2D eigenvalue weighted by molar-refractivity contribution is 6.06. The van der Waals surface area contributed by atoms with Crippen molar-refractivity contribution in [3.05, 3.63) is 68.8 Å². The molecule has 3 rings (SSSR count). The molecule has 0 saturated carbocycles. The number of aryl methyl sites for hydroxylation is 3. The van der Waals surface area contributed by atoms with Crippen LogP contribution in [0.1, 0.15) is 39.9 Å². The third-order valence-electron chi connectivity index (χ3n) is 4.51. The lowest BCUT2D eigenvalue weighted by atomic mass is 10.1. The van der Waals surface area contributed by atoms with E-state index in [0.29, 0.717) is 24.5 Å². The smallest absolute Gasteiger partial charge is 0.317 e. The van der Waals surface area contributed by atoms with Gasteiger partial charge in [-0.2, -0.15) is 10.2 Å². The van der Waals surface area contributed by atoms with E-state index in [-0.39, 0.29) is 11.4 Å². The first-order valence-corrected chi connectivity index (χ1v) is 8.93. The molecule has 28 heavy (non-hydrogen) atoms. The van der Waals surface area contributed by atoms with Gasteiger partial charge in [0.15, 0.2) is 0 Å². The molecule has 146 valence electrons. The Morgan fingerprint density at radius 1 is 1.25 bits per heavy atom. The van der Waals surface area contributed by atoms with Gasteiger partial charge in [-0.25, -0.2) is 0 Å². The molecule has 1 amide bonds. The first-order chi connectivity index (χ1) is 13.3. The first kappa shape index (κ1) is 19.3. The maximum absolute atomic E-state index is 12.7. The van der Waals surface area contributed by atoms with Gasteiger partial charge in [0.2, 0.25) is 5.69 Å². The molecule has 3 aromatic rings. The van der Waals surface area contributed by atoms with Crippen LogP contribution in [-0.4, -0.2) is 30.4 Å². The van der Waals surface area contributed by atoms with Crippen molar-refractivity contribution in [2.24, 2.45) is 0 Å². The van der Waals surface area contributed by atoms with Crippen LogP contribution >= 0.6 is 0 Å². The summed E-state index contributed by atoms with van der Waals surface area (Å²) in [7, 11) is 0. The van der Waals surface area contributed by atoms with Crippen molar-refractivity contribution < 1.29 is 9.72 Å². The minimum atomic E-state index is -0.625. The van der Waals surface area contributed by atoms with E-state index < -0.39 is 10.8 Å². The fraction of sp³-hybridized carbons (Fsp3) is 0.316. The SMILES string of the molecule is CCn1cc([N+](=O)[O-])c(C(=O)Nc2c(C)nn(Cc3cccc(C)c3)c2C)n1. The highest BCUT2D eigenvalue weighted by Crippen LogP contribution is 2.23. The molecule has 0 bridgehead atoms. The lowest BCUT2D eigenvalue weighted by molar-refractivity contribution is -0.385. The highest BCUT2D eigenvalue weighted by atomic mass is 16.6. The van der Waals surface area contributed by atoms with E-state index in [1.807, 2.05) is 32.0 Å². The molecule has 2 heterocycles. The lowest BCUT2D eigenvalue weighted by Crippen LogP contribution is -2.16.